The number of benzene rings is 1. The largest absolute Gasteiger partial charge is 0.497 e. The number of halogens is 2. The summed E-state index contributed by atoms with van der Waals surface area (Å²) < 4.78 is 40.2. The van der Waals surface area contributed by atoms with Crippen LogP contribution in [0.3, 0.4) is 0 Å². The second-order valence-electron chi connectivity index (χ2n) is 9.43. The lowest BCUT2D eigenvalue weighted by Gasteiger charge is -2.32. The molecule has 1 aromatic carbocycles. The minimum Gasteiger partial charge on any atom is -0.497 e. The number of morpholine rings is 1. The predicted octanol–water partition coefficient (Wildman–Crippen LogP) is 5.12. The second-order valence-corrected chi connectivity index (χ2v) is 9.43. The third-order valence-corrected chi connectivity index (χ3v) is 6.80. The van der Waals surface area contributed by atoms with E-state index in [1.54, 1.807) is 17.7 Å². The molecule has 1 saturated heterocycles. The number of fused-ring (bicyclic) bond motifs is 2. The molecule has 39 heavy (non-hydrogen) atoms. The Morgan fingerprint density at radius 2 is 1.95 bits per heavy atom. The van der Waals surface area contributed by atoms with Crippen molar-refractivity contribution in [2.24, 2.45) is 0 Å². The van der Waals surface area contributed by atoms with Crippen LogP contribution in [0.1, 0.15) is 24.6 Å². The number of nitrogens with zero attached hydrogens (tertiary/aromatic N) is 6. The molecule has 5 aromatic rings. The van der Waals surface area contributed by atoms with E-state index in [2.05, 4.69) is 37.2 Å². The second kappa shape index (κ2) is 10.4. The fourth-order valence-electron chi connectivity index (χ4n) is 4.77. The number of hydrogen-bond donors (Lipinski definition) is 1. The number of ether oxygens (including phenoxy) is 2. The number of pyridine rings is 3. The van der Waals surface area contributed by atoms with Gasteiger partial charge in [-0.2, -0.15) is 0 Å². The summed E-state index contributed by atoms with van der Waals surface area (Å²) in [6, 6.07) is 13.3. The third kappa shape index (κ3) is 5.05. The summed E-state index contributed by atoms with van der Waals surface area (Å²) in [5.41, 5.74) is 2.91. The van der Waals surface area contributed by atoms with Crippen LogP contribution in [0.25, 0.3) is 27.8 Å². The molecule has 1 atom stereocenters. The standard InChI is InChI=1S/C28H27F2N7O2/c1-17-15-36(9-10-39-17)19-5-8-25-34-28(35-37(25)16-19)23-14-33-26(27(29)30)22-13-32-24(11-21(22)23)31-12-18-3-6-20(38-2)7-4-18/h3-8,11,13-14,16-17,27H,9-10,12,15H2,1-2H3,(H,31,32)/t17-/m0/s1. The summed E-state index contributed by atoms with van der Waals surface area (Å²) in [6.45, 7) is 4.80. The zero-order valence-corrected chi connectivity index (χ0v) is 21.5. The Morgan fingerprint density at radius 1 is 1.10 bits per heavy atom. The maximum atomic E-state index is 13.8. The van der Waals surface area contributed by atoms with E-state index in [4.69, 9.17) is 9.47 Å². The average molecular weight is 532 g/mol. The zero-order valence-electron chi connectivity index (χ0n) is 21.5. The molecule has 1 N–H and O–H groups in total. The SMILES string of the molecule is COc1ccc(CNc2cc3c(-c4nc5ccc(N6CCO[C@@H](C)C6)cn5n4)cnc(C(F)F)c3cn2)cc1. The molecular formula is C28H27F2N7O2. The number of aromatic nitrogens is 5. The minimum atomic E-state index is -2.74. The molecule has 0 spiro atoms. The number of methoxy groups -OCH3 is 1. The Bertz CT molecular complexity index is 1620. The maximum absolute atomic E-state index is 13.8. The Hall–Kier alpha value is -4.38. The maximum Gasteiger partial charge on any atom is 0.281 e. The van der Waals surface area contributed by atoms with Crippen molar-refractivity contribution in [1.29, 1.82) is 0 Å². The van der Waals surface area contributed by atoms with Gasteiger partial charge < -0.3 is 19.7 Å². The number of nitrogens with one attached hydrogen (secondary N) is 1. The topological polar surface area (TPSA) is 89.7 Å². The monoisotopic (exact) mass is 531 g/mol. The molecule has 1 fully saturated rings. The molecule has 0 aliphatic carbocycles. The van der Waals surface area contributed by atoms with Gasteiger partial charge in [0.2, 0.25) is 0 Å². The number of rotatable bonds is 7. The molecule has 6 rings (SSSR count). The normalized spacial score (nSPS) is 15.8. The fraction of sp³-hybridized carbons (Fsp3) is 0.286. The molecule has 5 heterocycles. The van der Waals surface area contributed by atoms with Crippen LogP contribution >= 0.6 is 0 Å². The first-order valence-electron chi connectivity index (χ1n) is 12.7. The van der Waals surface area contributed by atoms with Gasteiger partial charge in [-0.05, 0) is 42.8 Å². The van der Waals surface area contributed by atoms with Crippen LogP contribution < -0.4 is 15.0 Å². The highest BCUT2D eigenvalue weighted by Crippen LogP contribution is 2.33. The van der Waals surface area contributed by atoms with Crippen LogP contribution in [-0.2, 0) is 11.3 Å². The number of anilines is 2. The van der Waals surface area contributed by atoms with E-state index in [1.807, 2.05) is 42.6 Å². The van der Waals surface area contributed by atoms with Gasteiger partial charge in [-0.25, -0.2) is 23.3 Å². The Labute approximate surface area is 223 Å². The van der Waals surface area contributed by atoms with Crippen LogP contribution in [0, 0.1) is 0 Å². The molecule has 0 unspecified atom stereocenters. The van der Waals surface area contributed by atoms with E-state index in [9.17, 15) is 8.78 Å². The first-order valence-corrected chi connectivity index (χ1v) is 12.7. The predicted molar refractivity (Wildman–Crippen MR) is 144 cm³/mol. The minimum absolute atomic E-state index is 0.146. The van der Waals surface area contributed by atoms with Gasteiger partial charge in [0.1, 0.15) is 17.3 Å². The van der Waals surface area contributed by atoms with E-state index in [0.29, 0.717) is 41.4 Å². The van der Waals surface area contributed by atoms with Gasteiger partial charge >= 0.3 is 0 Å². The van der Waals surface area contributed by atoms with E-state index in [-0.39, 0.29) is 17.2 Å². The number of alkyl halides is 2. The summed E-state index contributed by atoms with van der Waals surface area (Å²) in [5.74, 6) is 1.71. The van der Waals surface area contributed by atoms with Gasteiger partial charge in [0.05, 0.1) is 31.7 Å². The summed E-state index contributed by atoms with van der Waals surface area (Å²) in [5, 5.41) is 8.77. The van der Waals surface area contributed by atoms with Gasteiger partial charge in [-0.15, -0.1) is 5.10 Å². The molecular weight excluding hydrogens is 504 g/mol. The van der Waals surface area contributed by atoms with Crippen molar-refractivity contribution in [2.45, 2.75) is 26.0 Å². The highest BCUT2D eigenvalue weighted by atomic mass is 19.3. The first kappa shape index (κ1) is 24.9. The highest BCUT2D eigenvalue weighted by Gasteiger charge is 2.21. The molecule has 0 saturated carbocycles. The lowest BCUT2D eigenvalue weighted by molar-refractivity contribution is 0.0532. The van der Waals surface area contributed by atoms with Gasteiger partial charge in [0.15, 0.2) is 11.5 Å². The molecule has 0 bridgehead atoms. The van der Waals surface area contributed by atoms with Crippen LogP contribution in [0.4, 0.5) is 20.3 Å². The van der Waals surface area contributed by atoms with Crippen molar-refractivity contribution in [3.8, 4) is 17.1 Å². The molecule has 4 aromatic heterocycles. The molecule has 0 amide bonds. The third-order valence-electron chi connectivity index (χ3n) is 6.80. The average Bonchev–Trinajstić information content (AvgIpc) is 3.39. The molecule has 9 nitrogen and oxygen atoms in total. The van der Waals surface area contributed by atoms with Crippen molar-refractivity contribution in [1.82, 2.24) is 24.6 Å². The molecule has 1 aliphatic heterocycles. The van der Waals surface area contributed by atoms with Gasteiger partial charge in [-0.3, -0.25) is 4.98 Å². The lowest BCUT2D eigenvalue weighted by atomic mass is 10.1. The Morgan fingerprint density at radius 3 is 2.72 bits per heavy atom. The summed E-state index contributed by atoms with van der Waals surface area (Å²) in [6.07, 6.45) is 2.17. The van der Waals surface area contributed by atoms with Crippen molar-refractivity contribution < 1.29 is 18.3 Å². The van der Waals surface area contributed by atoms with Crippen LogP contribution in [0.5, 0.6) is 5.75 Å². The van der Waals surface area contributed by atoms with E-state index in [1.165, 1.54) is 12.4 Å². The zero-order chi connectivity index (χ0) is 26.9. The summed E-state index contributed by atoms with van der Waals surface area (Å²) >= 11 is 0. The lowest BCUT2D eigenvalue weighted by Crippen LogP contribution is -2.41. The summed E-state index contributed by atoms with van der Waals surface area (Å²) in [4.78, 5) is 15.4. The van der Waals surface area contributed by atoms with Gasteiger partial charge in [0, 0.05) is 48.4 Å². The van der Waals surface area contributed by atoms with Gasteiger partial charge in [-0.1, -0.05) is 12.1 Å². The fourth-order valence-corrected chi connectivity index (χ4v) is 4.77. The quantitative estimate of drug-likeness (QED) is 0.310. The van der Waals surface area contributed by atoms with Crippen LogP contribution in [0.15, 0.2) is 61.1 Å². The Kier molecular flexibility index (Phi) is 6.65. The first-order chi connectivity index (χ1) is 19.0. The van der Waals surface area contributed by atoms with E-state index in [0.717, 1.165) is 30.1 Å². The molecule has 0 radical (unpaired) electrons. The molecule has 1 aliphatic rings. The van der Waals surface area contributed by atoms with Crippen LogP contribution in [-0.4, -0.2) is 57.5 Å². The molecule has 11 heteroatoms. The number of hydrogen-bond acceptors (Lipinski definition) is 8. The van der Waals surface area contributed by atoms with Crippen LogP contribution in [0.2, 0.25) is 0 Å². The van der Waals surface area contributed by atoms with E-state index < -0.39 is 6.43 Å². The van der Waals surface area contributed by atoms with Crippen molar-refractivity contribution in [3.63, 3.8) is 0 Å². The van der Waals surface area contributed by atoms with Crippen molar-refractivity contribution in [3.05, 3.63) is 72.3 Å². The highest BCUT2D eigenvalue weighted by molar-refractivity contribution is 5.97. The summed E-state index contributed by atoms with van der Waals surface area (Å²) in [7, 11) is 1.62. The van der Waals surface area contributed by atoms with E-state index >= 15 is 0 Å². The molecule has 200 valence electrons. The van der Waals surface area contributed by atoms with Gasteiger partial charge in [0.25, 0.3) is 6.43 Å². The van der Waals surface area contributed by atoms with Crippen molar-refractivity contribution >= 4 is 27.9 Å². The smallest absolute Gasteiger partial charge is 0.281 e. The van der Waals surface area contributed by atoms with Crippen molar-refractivity contribution in [2.75, 3.05) is 37.0 Å². The Balaban J connectivity index is 1.35.